The van der Waals surface area contributed by atoms with Crippen molar-refractivity contribution in [2.24, 2.45) is 0 Å². The molecule has 1 amide bonds. The summed E-state index contributed by atoms with van der Waals surface area (Å²) in [5, 5.41) is 4.52. The molecular formula is C23H26N2O5S2. The summed E-state index contributed by atoms with van der Waals surface area (Å²) < 4.78 is 37.8. The Hall–Kier alpha value is -3.04. The molecule has 7 nitrogen and oxygen atoms in total. The number of hydrogen-bond acceptors (Lipinski definition) is 6. The van der Waals surface area contributed by atoms with Crippen LogP contribution in [0.5, 0.6) is 11.5 Å². The van der Waals surface area contributed by atoms with Gasteiger partial charge in [0.25, 0.3) is 15.9 Å². The Morgan fingerprint density at radius 2 is 1.69 bits per heavy atom. The van der Waals surface area contributed by atoms with Crippen molar-refractivity contribution < 1.29 is 22.7 Å². The van der Waals surface area contributed by atoms with Gasteiger partial charge in [0, 0.05) is 13.6 Å². The van der Waals surface area contributed by atoms with Crippen LogP contribution < -0.4 is 19.1 Å². The van der Waals surface area contributed by atoms with Gasteiger partial charge >= 0.3 is 0 Å². The molecule has 0 spiro atoms. The molecule has 0 saturated carbocycles. The van der Waals surface area contributed by atoms with Gasteiger partial charge in [-0.15, -0.1) is 11.3 Å². The third-order valence-electron chi connectivity index (χ3n) is 4.46. The first-order valence-corrected chi connectivity index (χ1v) is 12.4. The molecule has 0 unspecified atom stereocenters. The average Bonchev–Trinajstić information content (AvgIpc) is 3.32. The van der Waals surface area contributed by atoms with Crippen LogP contribution in [-0.2, 0) is 21.4 Å². The summed E-state index contributed by atoms with van der Waals surface area (Å²) in [6.07, 6.45) is 0.109. The quantitative estimate of drug-likeness (QED) is 0.479. The standard InChI is InChI=1S/C23H26N2O5S2/c1-17(2)30-21-10-6-18(7-11-21)15-24-22(26)16-29-20-12-8-19(9-13-20)25(3)32(27,28)23-5-4-14-31-23/h4-14,17H,15-16H2,1-3H3,(H,24,26). The molecule has 0 aliphatic rings. The summed E-state index contributed by atoms with van der Waals surface area (Å²) in [6.45, 7) is 4.17. The van der Waals surface area contributed by atoms with Crippen molar-refractivity contribution in [2.75, 3.05) is 18.0 Å². The number of nitrogens with one attached hydrogen (secondary N) is 1. The molecule has 0 atom stereocenters. The van der Waals surface area contributed by atoms with Gasteiger partial charge in [-0.2, -0.15) is 0 Å². The van der Waals surface area contributed by atoms with Crippen LogP contribution in [0.25, 0.3) is 0 Å². The largest absolute Gasteiger partial charge is 0.491 e. The fourth-order valence-electron chi connectivity index (χ4n) is 2.79. The lowest BCUT2D eigenvalue weighted by molar-refractivity contribution is -0.123. The maximum atomic E-state index is 12.6. The summed E-state index contributed by atoms with van der Waals surface area (Å²) in [7, 11) is -2.09. The van der Waals surface area contributed by atoms with Gasteiger partial charge in [-0.1, -0.05) is 18.2 Å². The normalized spacial score (nSPS) is 11.2. The monoisotopic (exact) mass is 474 g/mol. The van der Waals surface area contributed by atoms with Crippen molar-refractivity contribution in [2.45, 2.75) is 30.7 Å². The zero-order valence-electron chi connectivity index (χ0n) is 18.1. The van der Waals surface area contributed by atoms with E-state index in [0.717, 1.165) is 11.3 Å². The highest BCUT2D eigenvalue weighted by Gasteiger charge is 2.22. The number of carbonyl (C=O) groups is 1. The van der Waals surface area contributed by atoms with Gasteiger partial charge in [-0.3, -0.25) is 9.10 Å². The Labute approximate surface area is 192 Å². The first-order chi connectivity index (χ1) is 15.3. The fourth-order valence-corrected chi connectivity index (χ4v) is 5.15. The Morgan fingerprint density at radius 1 is 1.03 bits per heavy atom. The number of amides is 1. The highest BCUT2D eigenvalue weighted by Crippen LogP contribution is 2.26. The zero-order chi connectivity index (χ0) is 23.1. The first-order valence-electron chi connectivity index (χ1n) is 10.0. The number of benzene rings is 2. The van der Waals surface area contributed by atoms with E-state index in [0.29, 0.717) is 18.0 Å². The zero-order valence-corrected chi connectivity index (χ0v) is 19.8. The molecule has 1 aromatic heterocycles. The lowest BCUT2D eigenvalue weighted by atomic mass is 10.2. The molecule has 1 heterocycles. The molecule has 0 aliphatic heterocycles. The smallest absolute Gasteiger partial charge is 0.273 e. The number of thiophene rings is 1. The second kappa shape index (κ2) is 10.5. The minimum absolute atomic E-state index is 0.109. The molecule has 0 radical (unpaired) electrons. The van der Waals surface area contributed by atoms with Gasteiger partial charge in [-0.25, -0.2) is 8.42 Å². The summed E-state index contributed by atoms with van der Waals surface area (Å²) in [5.41, 5.74) is 1.45. The van der Waals surface area contributed by atoms with Crippen LogP contribution in [0.1, 0.15) is 19.4 Å². The second-order valence-corrected chi connectivity index (χ2v) is 10.4. The predicted molar refractivity (Wildman–Crippen MR) is 126 cm³/mol. The Morgan fingerprint density at radius 3 is 2.28 bits per heavy atom. The molecular weight excluding hydrogens is 448 g/mol. The minimum atomic E-state index is -3.59. The topological polar surface area (TPSA) is 84.9 Å². The van der Waals surface area contributed by atoms with Crippen LogP contribution in [0.15, 0.2) is 70.3 Å². The van der Waals surface area contributed by atoms with E-state index in [9.17, 15) is 13.2 Å². The van der Waals surface area contributed by atoms with Crippen molar-refractivity contribution >= 4 is 33.0 Å². The Bertz CT molecular complexity index is 1110. The molecule has 32 heavy (non-hydrogen) atoms. The van der Waals surface area contributed by atoms with E-state index in [4.69, 9.17) is 9.47 Å². The molecule has 0 saturated heterocycles. The number of sulfonamides is 1. The highest BCUT2D eigenvalue weighted by atomic mass is 32.2. The van der Waals surface area contributed by atoms with E-state index in [2.05, 4.69) is 5.32 Å². The Kier molecular flexibility index (Phi) is 7.76. The maximum absolute atomic E-state index is 12.6. The van der Waals surface area contributed by atoms with E-state index in [1.54, 1.807) is 41.8 Å². The third-order valence-corrected chi connectivity index (χ3v) is 7.62. The third kappa shape index (κ3) is 6.24. The second-order valence-electron chi connectivity index (χ2n) is 7.27. The number of hydrogen-bond donors (Lipinski definition) is 1. The van der Waals surface area contributed by atoms with E-state index in [1.165, 1.54) is 22.7 Å². The molecule has 0 aliphatic carbocycles. The number of ether oxygens (including phenoxy) is 2. The van der Waals surface area contributed by atoms with Gasteiger partial charge in [0.05, 0.1) is 11.8 Å². The van der Waals surface area contributed by atoms with Crippen LogP contribution in [0.3, 0.4) is 0 Å². The Balaban J connectivity index is 1.48. The van der Waals surface area contributed by atoms with Crippen molar-refractivity contribution in [3.8, 4) is 11.5 Å². The van der Waals surface area contributed by atoms with Crippen LogP contribution in [0.2, 0.25) is 0 Å². The average molecular weight is 475 g/mol. The van der Waals surface area contributed by atoms with E-state index < -0.39 is 10.0 Å². The summed E-state index contributed by atoms with van der Waals surface area (Å²) in [4.78, 5) is 12.1. The SMILES string of the molecule is CC(C)Oc1ccc(CNC(=O)COc2ccc(N(C)S(=O)(=O)c3cccs3)cc2)cc1. The van der Waals surface area contributed by atoms with Gasteiger partial charge in [0.1, 0.15) is 15.7 Å². The molecule has 0 bridgehead atoms. The lowest BCUT2D eigenvalue weighted by Crippen LogP contribution is -2.28. The number of anilines is 1. The van der Waals surface area contributed by atoms with Gasteiger partial charge < -0.3 is 14.8 Å². The van der Waals surface area contributed by atoms with E-state index in [1.807, 2.05) is 38.1 Å². The highest BCUT2D eigenvalue weighted by molar-refractivity contribution is 7.94. The summed E-state index contributed by atoms with van der Waals surface area (Å²) in [6, 6.07) is 17.4. The van der Waals surface area contributed by atoms with Crippen LogP contribution in [0.4, 0.5) is 5.69 Å². The molecule has 0 fully saturated rings. The van der Waals surface area contributed by atoms with Gasteiger partial charge in [0.2, 0.25) is 0 Å². The van der Waals surface area contributed by atoms with Crippen molar-refractivity contribution in [3.05, 3.63) is 71.6 Å². The molecule has 9 heteroatoms. The fraction of sp³-hybridized carbons (Fsp3) is 0.261. The summed E-state index contributed by atoms with van der Waals surface area (Å²) >= 11 is 1.17. The van der Waals surface area contributed by atoms with Gasteiger partial charge in [-0.05, 0) is 67.3 Å². The van der Waals surface area contributed by atoms with Crippen LogP contribution in [-0.4, -0.2) is 34.1 Å². The van der Waals surface area contributed by atoms with E-state index in [-0.39, 0.29) is 22.8 Å². The van der Waals surface area contributed by atoms with Crippen LogP contribution in [0, 0.1) is 0 Å². The molecule has 1 N–H and O–H groups in total. The van der Waals surface area contributed by atoms with Crippen LogP contribution >= 0.6 is 11.3 Å². The molecule has 170 valence electrons. The first kappa shape index (κ1) is 23.6. The molecule has 3 rings (SSSR count). The van der Waals surface area contributed by atoms with Crippen molar-refractivity contribution in [3.63, 3.8) is 0 Å². The van der Waals surface area contributed by atoms with Crippen molar-refractivity contribution in [1.29, 1.82) is 0 Å². The number of carbonyl (C=O) groups excluding carboxylic acids is 1. The number of nitrogens with zero attached hydrogens (tertiary/aromatic N) is 1. The minimum Gasteiger partial charge on any atom is -0.491 e. The summed E-state index contributed by atoms with van der Waals surface area (Å²) in [5.74, 6) is 1.01. The number of rotatable bonds is 10. The van der Waals surface area contributed by atoms with E-state index >= 15 is 0 Å². The predicted octanol–water partition coefficient (Wildman–Crippen LogP) is 4.06. The van der Waals surface area contributed by atoms with Gasteiger partial charge in [0.15, 0.2) is 6.61 Å². The maximum Gasteiger partial charge on any atom is 0.273 e. The lowest BCUT2D eigenvalue weighted by Gasteiger charge is -2.18. The molecule has 2 aromatic carbocycles. The van der Waals surface area contributed by atoms with Crippen molar-refractivity contribution in [1.82, 2.24) is 5.32 Å². The molecule has 3 aromatic rings.